The summed E-state index contributed by atoms with van der Waals surface area (Å²) in [5, 5.41) is 2.60. The van der Waals surface area contributed by atoms with Crippen LogP contribution >= 0.6 is 0 Å². The third kappa shape index (κ3) is 2.93. The van der Waals surface area contributed by atoms with Gasteiger partial charge in [-0.1, -0.05) is 135 Å². The molecule has 7 aromatic carbocycles. The van der Waals surface area contributed by atoms with Gasteiger partial charge in [0.25, 0.3) is 0 Å². The molecule has 220 valence electrons. The van der Waals surface area contributed by atoms with Gasteiger partial charge in [0.05, 0.1) is 16.4 Å². The van der Waals surface area contributed by atoms with Gasteiger partial charge in [0.2, 0.25) is 0 Å². The predicted octanol–water partition coefficient (Wildman–Crippen LogP) is 11.4. The molecule has 0 aliphatic heterocycles. The molecule has 0 N–H and O–H groups in total. The first-order valence-corrected chi connectivity index (χ1v) is 16.7. The first kappa shape index (κ1) is 25.5. The normalized spacial score (nSPS) is 15.4. The minimum atomic E-state index is -0.362. The van der Waals surface area contributed by atoms with E-state index in [9.17, 15) is 0 Å². The molecule has 1 nitrogen and oxygen atoms in total. The van der Waals surface area contributed by atoms with Crippen LogP contribution < -0.4 is 0 Å². The van der Waals surface area contributed by atoms with E-state index >= 15 is 0 Å². The van der Waals surface area contributed by atoms with E-state index in [0.29, 0.717) is 0 Å². The molecule has 0 bridgehead atoms. The Morgan fingerprint density at radius 2 is 0.872 bits per heavy atom. The van der Waals surface area contributed by atoms with Gasteiger partial charge in [-0.15, -0.1) is 0 Å². The molecule has 3 aliphatic rings. The van der Waals surface area contributed by atoms with Gasteiger partial charge in [-0.2, -0.15) is 0 Å². The van der Waals surface area contributed by atoms with Gasteiger partial charge in [-0.3, -0.25) is 0 Å². The Balaban J connectivity index is 1.24. The van der Waals surface area contributed by atoms with Gasteiger partial charge >= 0.3 is 0 Å². The van der Waals surface area contributed by atoms with E-state index in [1.54, 1.807) is 0 Å². The molecule has 8 aromatic rings. The van der Waals surface area contributed by atoms with Crippen molar-refractivity contribution in [3.05, 3.63) is 185 Å². The highest BCUT2D eigenvalue weighted by Crippen LogP contribution is 2.63. The Labute approximate surface area is 274 Å². The molecule has 0 atom stereocenters. The highest BCUT2D eigenvalue weighted by molar-refractivity contribution is 6.12. The summed E-state index contributed by atoms with van der Waals surface area (Å²) < 4.78 is 2.52. The van der Waals surface area contributed by atoms with Gasteiger partial charge in [0, 0.05) is 21.9 Å². The summed E-state index contributed by atoms with van der Waals surface area (Å²) in [4.78, 5) is 0. The topological polar surface area (TPSA) is 4.93 Å². The van der Waals surface area contributed by atoms with E-state index < -0.39 is 0 Å². The number of nitrogens with zero attached hydrogens (tertiary/aromatic N) is 1. The number of fused-ring (bicyclic) bond motifs is 16. The molecule has 1 heterocycles. The molecular formula is C46H31N. The van der Waals surface area contributed by atoms with Crippen LogP contribution in [0.25, 0.3) is 60.9 Å². The molecule has 3 aliphatic carbocycles. The standard InChI is InChI=1S/C46H31N/c1-45(2)37-18-8-3-16-32(37)35-26-36-34-17-7-12-22-43(34)47(44(36)27-41(35)45)28-23-24-33-31-15-6-11-21-40(31)46(42(33)25-28)38-19-9-4-13-29(38)30-14-5-10-20-39(30)46/h3-27H,1-2H3. The maximum Gasteiger partial charge on any atom is 0.0726 e. The number of benzene rings is 7. The lowest BCUT2D eigenvalue weighted by molar-refractivity contribution is 0.661. The number of aromatic nitrogens is 1. The van der Waals surface area contributed by atoms with Crippen LogP contribution in [0.4, 0.5) is 0 Å². The second-order valence-electron chi connectivity index (χ2n) is 14.1. The summed E-state index contributed by atoms with van der Waals surface area (Å²) in [6, 6.07) is 57.3. The molecule has 11 rings (SSSR count). The summed E-state index contributed by atoms with van der Waals surface area (Å²) >= 11 is 0. The van der Waals surface area contributed by atoms with E-state index in [-0.39, 0.29) is 10.8 Å². The molecule has 1 heteroatoms. The number of hydrogen-bond acceptors (Lipinski definition) is 0. The van der Waals surface area contributed by atoms with E-state index in [1.807, 2.05) is 0 Å². The van der Waals surface area contributed by atoms with Crippen LogP contribution in [-0.4, -0.2) is 4.57 Å². The summed E-state index contributed by atoms with van der Waals surface area (Å²) in [5.41, 5.74) is 19.7. The van der Waals surface area contributed by atoms with Crippen molar-refractivity contribution in [2.45, 2.75) is 24.7 Å². The van der Waals surface area contributed by atoms with Gasteiger partial charge in [0.1, 0.15) is 0 Å². The fourth-order valence-corrected chi connectivity index (χ4v) is 9.66. The summed E-state index contributed by atoms with van der Waals surface area (Å²) in [6.07, 6.45) is 0. The largest absolute Gasteiger partial charge is 0.309 e. The molecule has 0 saturated carbocycles. The summed E-state index contributed by atoms with van der Waals surface area (Å²) in [7, 11) is 0. The molecule has 0 unspecified atom stereocenters. The molecule has 0 amide bonds. The van der Waals surface area contributed by atoms with E-state index in [1.165, 1.54) is 94.3 Å². The fourth-order valence-electron chi connectivity index (χ4n) is 9.66. The second-order valence-corrected chi connectivity index (χ2v) is 14.1. The third-order valence-corrected chi connectivity index (χ3v) is 11.6. The van der Waals surface area contributed by atoms with Crippen LogP contribution in [-0.2, 0) is 10.8 Å². The third-order valence-electron chi connectivity index (χ3n) is 11.6. The zero-order valence-electron chi connectivity index (χ0n) is 26.4. The highest BCUT2D eigenvalue weighted by atomic mass is 15.0. The molecule has 1 spiro atoms. The Morgan fingerprint density at radius 3 is 1.51 bits per heavy atom. The van der Waals surface area contributed by atoms with E-state index in [4.69, 9.17) is 0 Å². The monoisotopic (exact) mass is 597 g/mol. The van der Waals surface area contributed by atoms with Crippen molar-refractivity contribution in [3.8, 4) is 39.1 Å². The minimum absolute atomic E-state index is 0.0672. The lowest BCUT2D eigenvalue weighted by Crippen LogP contribution is -2.26. The Morgan fingerprint density at radius 1 is 0.362 bits per heavy atom. The van der Waals surface area contributed by atoms with Crippen molar-refractivity contribution in [1.82, 2.24) is 4.57 Å². The molecule has 1 aromatic heterocycles. The quantitative estimate of drug-likeness (QED) is 0.177. The van der Waals surface area contributed by atoms with Crippen LogP contribution in [0, 0.1) is 0 Å². The van der Waals surface area contributed by atoms with Gasteiger partial charge in [-0.25, -0.2) is 0 Å². The minimum Gasteiger partial charge on any atom is -0.309 e. The Bertz CT molecular complexity index is 2600. The Hall–Kier alpha value is -5.66. The molecule has 0 saturated heterocycles. The maximum absolute atomic E-state index is 2.52. The van der Waals surface area contributed by atoms with Crippen LogP contribution in [0.2, 0.25) is 0 Å². The number of para-hydroxylation sites is 1. The van der Waals surface area contributed by atoms with Gasteiger partial charge < -0.3 is 4.57 Å². The van der Waals surface area contributed by atoms with E-state index in [2.05, 4.69) is 170 Å². The van der Waals surface area contributed by atoms with Gasteiger partial charge in [0.15, 0.2) is 0 Å². The first-order chi connectivity index (χ1) is 23.1. The van der Waals surface area contributed by atoms with Crippen molar-refractivity contribution in [2.24, 2.45) is 0 Å². The lowest BCUT2D eigenvalue weighted by Gasteiger charge is -2.30. The smallest absolute Gasteiger partial charge is 0.0726 e. The average molecular weight is 598 g/mol. The van der Waals surface area contributed by atoms with Crippen molar-refractivity contribution in [2.75, 3.05) is 0 Å². The van der Waals surface area contributed by atoms with Crippen LogP contribution in [0.1, 0.15) is 47.2 Å². The molecule has 0 radical (unpaired) electrons. The summed E-state index contributed by atoms with van der Waals surface area (Å²) in [5.74, 6) is 0. The highest BCUT2D eigenvalue weighted by Gasteiger charge is 2.51. The maximum atomic E-state index is 2.52. The lowest BCUT2D eigenvalue weighted by atomic mass is 9.70. The molecule has 47 heavy (non-hydrogen) atoms. The first-order valence-electron chi connectivity index (χ1n) is 16.7. The Kier molecular flexibility index (Phi) is 4.66. The second kappa shape index (κ2) is 8.57. The van der Waals surface area contributed by atoms with Crippen LogP contribution in [0.5, 0.6) is 0 Å². The zero-order valence-corrected chi connectivity index (χ0v) is 26.4. The fraction of sp³-hybridized carbons (Fsp3) is 0.0870. The predicted molar refractivity (Wildman–Crippen MR) is 195 cm³/mol. The van der Waals surface area contributed by atoms with Crippen LogP contribution in [0.15, 0.2) is 152 Å². The molecule has 0 fully saturated rings. The van der Waals surface area contributed by atoms with Crippen molar-refractivity contribution in [3.63, 3.8) is 0 Å². The van der Waals surface area contributed by atoms with Crippen molar-refractivity contribution in [1.29, 1.82) is 0 Å². The SMILES string of the molecule is CC1(C)c2ccccc2-c2cc3c4ccccc4n(-c4ccc5c(c4)C4(c6ccccc6-c6ccccc64)c4ccccc4-5)c3cc21. The average Bonchev–Trinajstić information content (AvgIpc) is 3.78. The van der Waals surface area contributed by atoms with Gasteiger partial charge in [-0.05, 0) is 97.1 Å². The number of rotatable bonds is 1. The van der Waals surface area contributed by atoms with Crippen molar-refractivity contribution >= 4 is 21.8 Å². The van der Waals surface area contributed by atoms with E-state index in [0.717, 1.165) is 0 Å². The number of hydrogen-bond donors (Lipinski definition) is 0. The summed E-state index contributed by atoms with van der Waals surface area (Å²) in [6.45, 7) is 4.75. The zero-order chi connectivity index (χ0) is 31.1. The molecular weight excluding hydrogens is 567 g/mol. The van der Waals surface area contributed by atoms with Crippen LogP contribution in [0.3, 0.4) is 0 Å². The van der Waals surface area contributed by atoms with Crippen molar-refractivity contribution < 1.29 is 0 Å².